The summed E-state index contributed by atoms with van der Waals surface area (Å²) in [6, 6.07) is 17.3. The Labute approximate surface area is 183 Å². The minimum absolute atomic E-state index is 0.00834. The monoisotopic (exact) mass is 415 g/mol. The summed E-state index contributed by atoms with van der Waals surface area (Å²) in [4.78, 5) is 24.6. The Hall–Kier alpha value is -3.28. The first-order valence-corrected chi connectivity index (χ1v) is 11.2. The van der Waals surface area contributed by atoms with Crippen LogP contribution in [-0.2, 0) is 19.5 Å². The van der Waals surface area contributed by atoms with Crippen molar-refractivity contribution in [3.8, 4) is 0 Å². The van der Waals surface area contributed by atoms with Gasteiger partial charge in [0.25, 0.3) is 0 Å². The van der Waals surface area contributed by atoms with Crippen molar-refractivity contribution < 1.29 is 4.79 Å². The number of fused-ring (bicyclic) bond motifs is 1. The number of para-hydroxylation sites is 1. The van der Waals surface area contributed by atoms with Gasteiger partial charge in [-0.25, -0.2) is 9.78 Å². The molecule has 1 atom stereocenters. The number of nitrogens with one attached hydrogen (secondary N) is 2. The van der Waals surface area contributed by atoms with E-state index in [-0.39, 0.29) is 6.03 Å². The Kier molecular flexibility index (Phi) is 5.61. The zero-order valence-electron chi connectivity index (χ0n) is 17.8. The molecular formula is C25H29N5O. The molecule has 160 valence electrons. The highest BCUT2D eigenvalue weighted by atomic mass is 16.2. The average Bonchev–Trinajstić information content (AvgIpc) is 3.49. The minimum Gasteiger partial charge on any atom is -0.367 e. The van der Waals surface area contributed by atoms with Gasteiger partial charge in [-0.05, 0) is 42.0 Å². The van der Waals surface area contributed by atoms with E-state index in [9.17, 15) is 4.79 Å². The van der Waals surface area contributed by atoms with Crippen LogP contribution in [0.3, 0.4) is 0 Å². The molecule has 2 amide bonds. The van der Waals surface area contributed by atoms with Gasteiger partial charge in [-0.1, -0.05) is 42.5 Å². The number of aromatic nitrogens is 2. The molecule has 1 saturated heterocycles. The van der Waals surface area contributed by atoms with Gasteiger partial charge in [0, 0.05) is 56.7 Å². The summed E-state index contributed by atoms with van der Waals surface area (Å²) in [6.07, 6.45) is 6.83. The molecule has 0 spiro atoms. The highest BCUT2D eigenvalue weighted by molar-refractivity contribution is 5.74. The Bertz CT molecular complexity index is 1010. The van der Waals surface area contributed by atoms with Crippen LogP contribution in [0.1, 0.15) is 41.3 Å². The summed E-state index contributed by atoms with van der Waals surface area (Å²) in [5.74, 6) is 1.28. The number of urea groups is 1. The number of H-pyrrole nitrogens is 1. The molecule has 6 nitrogen and oxygen atoms in total. The Morgan fingerprint density at radius 1 is 1.10 bits per heavy atom. The van der Waals surface area contributed by atoms with E-state index in [1.807, 2.05) is 11.1 Å². The normalized spacial score (nSPS) is 18.1. The molecule has 0 bridgehead atoms. The van der Waals surface area contributed by atoms with Gasteiger partial charge in [0.1, 0.15) is 5.82 Å². The molecule has 5 rings (SSSR count). The van der Waals surface area contributed by atoms with E-state index in [1.54, 1.807) is 6.20 Å². The van der Waals surface area contributed by atoms with Crippen molar-refractivity contribution in [3.63, 3.8) is 0 Å². The number of carbonyl (C=O) groups is 1. The van der Waals surface area contributed by atoms with Crippen LogP contribution in [0.2, 0.25) is 0 Å². The molecule has 2 N–H and O–H groups in total. The van der Waals surface area contributed by atoms with Crippen molar-refractivity contribution in [2.24, 2.45) is 0 Å². The molecule has 2 aliphatic rings. The SMILES string of the molecule is O=C(NCc1ccc(CN2CCc3ccccc32)cc1)N1CCCC(c2ncc[nH]2)C1. The van der Waals surface area contributed by atoms with Crippen molar-refractivity contribution in [3.05, 3.63) is 83.4 Å². The average molecular weight is 416 g/mol. The molecule has 0 aliphatic carbocycles. The van der Waals surface area contributed by atoms with E-state index in [0.29, 0.717) is 12.5 Å². The van der Waals surface area contributed by atoms with E-state index in [2.05, 4.69) is 68.7 Å². The van der Waals surface area contributed by atoms with Crippen LogP contribution < -0.4 is 10.2 Å². The fourth-order valence-electron chi connectivity index (χ4n) is 4.73. The summed E-state index contributed by atoms with van der Waals surface area (Å²) < 4.78 is 0. The Morgan fingerprint density at radius 3 is 2.77 bits per heavy atom. The summed E-state index contributed by atoms with van der Waals surface area (Å²) in [6.45, 7) is 4.07. The maximum absolute atomic E-state index is 12.7. The van der Waals surface area contributed by atoms with Crippen molar-refractivity contribution in [2.75, 3.05) is 24.5 Å². The zero-order valence-corrected chi connectivity index (χ0v) is 17.8. The third-order valence-electron chi connectivity index (χ3n) is 6.44. The predicted molar refractivity (Wildman–Crippen MR) is 122 cm³/mol. The van der Waals surface area contributed by atoms with E-state index < -0.39 is 0 Å². The van der Waals surface area contributed by atoms with Crippen molar-refractivity contribution >= 4 is 11.7 Å². The third kappa shape index (κ3) is 4.43. The van der Waals surface area contributed by atoms with Gasteiger partial charge in [0.2, 0.25) is 0 Å². The number of imidazole rings is 1. The number of nitrogens with zero attached hydrogens (tertiary/aromatic N) is 3. The topological polar surface area (TPSA) is 64.3 Å². The molecule has 0 radical (unpaired) electrons. The zero-order chi connectivity index (χ0) is 21.0. The fourth-order valence-corrected chi connectivity index (χ4v) is 4.73. The van der Waals surface area contributed by atoms with Crippen molar-refractivity contribution in [1.82, 2.24) is 20.2 Å². The van der Waals surface area contributed by atoms with Gasteiger partial charge >= 0.3 is 6.03 Å². The lowest BCUT2D eigenvalue weighted by molar-refractivity contribution is 0.178. The lowest BCUT2D eigenvalue weighted by Crippen LogP contribution is -2.44. The van der Waals surface area contributed by atoms with Gasteiger partial charge in [0.05, 0.1) is 0 Å². The first kappa shape index (κ1) is 19.7. The number of piperidine rings is 1. The molecule has 3 heterocycles. The van der Waals surface area contributed by atoms with Crippen molar-refractivity contribution in [2.45, 2.75) is 38.3 Å². The van der Waals surface area contributed by atoms with Gasteiger partial charge < -0.3 is 20.1 Å². The third-order valence-corrected chi connectivity index (χ3v) is 6.44. The smallest absolute Gasteiger partial charge is 0.317 e. The quantitative estimate of drug-likeness (QED) is 0.660. The van der Waals surface area contributed by atoms with Crippen LogP contribution in [0.25, 0.3) is 0 Å². The first-order valence-electron chi connectivity index (χ1n) is 11.2. The van der Waals surface area contributed by atoms with E-state index in [4.69, 9.17) is 0 Å². The Balaban J connectivity index is 1.13. The van der Waals surface area contributed by atoms with Gasteiger partial charge in [-0.2, -0.15) is 0 Å². The second kappa shape index (κ2) is 8.84. The molecule has 2 aliphatic heterocycles. The number of hydrogen-bond acceptors (Lipinski definition) is 3. The molecule has 2 aromatic carbocycles. The van der Waals surface area contributed by atoms with Gasteiger partial charge in [-0.3, -0.25) is 0 Å². The Morgan fingerprint density at radius 2 is 1.94 bits per heavy atom. The molecule has 1 fully saturated rings. The van der Waals surface area contributed by atoms with E-state index >= 15 is 0 Å². The highest BCUT2D eigenvalue weighted by Gasteiger charge is 2.26. The summed E-state index contributed by atoms with van der Waals surface area (Å²) in [7, 11) is 0. The number of amides is 2. The van der Waals surface area contributed by atoms with Gasteiger partial charge in [-0.15, -0.1) is 0 Å². The molecule has 31 heavy (non-hydrogen) atoms. The summed E-state index contributed by atoms with van der Waals surface area (Å²) in [5, 5.41) is 3.09. The number of carbonyl (C=O) groups excluding carboxylic acids is 1. The lowest BCUT2D eigenvalue weighted by Gasteiger charge is -2.31. The number of aromatic amines is 1. The molecule has 3 aromatic rings. The number of likely N-dealkylation sites (tertiary alicyclic amines) is 1. The number of rotatable bonds is 5. The van der Waals surface area contributed by atoms with Crippen molar-refractivity contribution in [1.29, 1.82) is 0 Å². The van der Waals surface area contributed by atoms with Gasteiger partial charge in [0.15, 0.2) is 0 Å². The molecule has 6 heteroatoms. The van der Waals surface area contributed by atoms with Crippen LogP contribution >= 0.6 is 0 Å². The number of benzene rings is 2. The van der Waals surface area contributed by atoms with Crippen LogP contribution in [0.5, 0.6) is 0 Å². The van der Waals surface area contributed by atoms with E-state index in [1.165, 1.54) is 16.8 Å². The minimum atomic E-state index is 0.00834. The van der Waals surface area contributed by atoms with Crippen LogP contribution in [0.4, 0.5) is 10.5 Å². The molecule has 1 aromatic heterocycles. The first-order chi connectivity index (χ1) is 15.3. The molecule has 1 unspecified atom stereocenters. The number of anilines is 1. The standard InChI is InChI=1S/C25H29N5O/c31-25(30-14-3-5-22(18-30)24-26-12-13-27-24)28-16-19-7-9-20(10-8-19)17-29-15-11-21-4-1-2-6-23(21)29/h1-2,4,6-10,12-13,22H,3,5,11,14-18H2,(H,26,27)(H,28,31). The maximum atomic E-state index is 12.7. The lowest BCUT2D eigenvalue weighted by atomic mass is 9.98. The maximum Gasteiger partial charge on any atom is 0.317 e. The second-order valence-corrected chi connectivity index (χ2v) is 8.54. The van der Waals surface area contributed by atoms with Crippen LogP contribution in [-0.4, -0.2) is 40.5 Å². The highest BCUT2D eigenvalue weighted by Crippen LogP contribution is 2.29. The molecule has 0 saturated carbocycles. The largest absolute Gasteiger partial charge is 0.367 e. The summed E-state index contributed by atoms with van der Waals surface area (Å²) >= 11 is 0. The molecular weight excluding hydrogens is 386 g/mol. The number of hydrogen-bond donors (Lipinski definition) is 2. The van der Waals surface area contributed by atoms with Crippen LogP contribution in [0.15, 0.2) is 60.9 Å². The fraction of sp³-hybridized carbons (Fsp3) is 0.360. The predicted octanol–water partition coefficient (Wildman–Crippen LogP) is 4.06. The van der Waals surface area contributed by atoms with E-state index in [0.717, 1.165) is 56.8 Å². The van der Waals surface area contributed by atoms with Crippen LogP contribution in [0, 0.1) is 0 Å². The second-order valence-electron chi connectivity index (χ2n) is 8.54. The summed E-state index contributed by atoms with van der Waals surface area (Å²) in [5.41, 5.74) is 5.21.